The molecule has 116 valence electrons. The van der Waals surface area contributed by atoms with Crippen molar-refractivity contribution < 1.29 is 4.79 Å². The molecular formula is C17H19ClN2OS. The van der Waals surface area contributed by atoms with E-state index < -0.39 is 0 Å². The highest BCUT2D eigenvalue weighted by Gasteiger charge is 2.21. The standard InChI is InChI=1S/C17H19ClN2OS/c18-16-3-1-2-14(10-16)12-19-5-7-20(8-6-19)17(21)11-15-4-9-22-13-15/h1-4,9-10,13H,5-8,11-12H2. The van der Waals surface area contributed by atoms with Gasteiger partial charge in [0.1, 0.15) is 0 Å². The van der Waals surface area contributed by atoms with Gasteiger partial charge in [-0.05, 0) is 40.1 Å². The summed E-state index contributed by atoms with van der Waals surface area (Å²) in [6.07, 6.45) is 0.526. The zero-order chi connectivity index (χ0) is 15.4. The summed E-state index contributed by atoms with van der Waals surface area (Å²) in [5, 5.41) is 4.85. The molecule has 22 heavy (non-hydrogen) atoms. The fourth-order valence-electron chi connectivity index (χ4n) is 2.73. The Morgan fingerprint density at radius 3 is 2.64 bits per heavy atom. The van der Waals surface area contributed by atoms with Gasteiger partial charge < -0.3 is 4.90 Å². The van der Waals surface area contributed by atoms with Gasteiger partial charge in [-0.1, -0.05) is 23.7 Å². The molecule has 3 nitrogen and oxygen atoms in total. The predicted molar refractivity (Wildman–Crippen MR) is 91.3 cm³/mol. The number of carbonyl (C=O) groups is 1. The molecule has 1 aliphatic heterocycles. The second-order valence-electron chi connectivity index (χ2n) is 5.60. The van der Waals surface area contributed by atoms with Crippen LogP contribution in [0.5, 0.6) is 0 Å². The van der Waals surface area contributed by atoms with E-state index in [2.05, 4.69) is 11.0 Å². The Bertz CT molecular complexity index is 621. The number of piperazine rings is 1. The lowest BCUT2D eigenvalue weighted by molar-refractivity contribution is -0.132. The minimum Gasteiger partial charge on any atom is -0.340 e. The second kappa shape index (κ2) is 7.27. The molecule has 0 atom stereocenters. The molecular weight excluding hydrogens is 316 g/mol. The molecule has 1 fully saturated rings. The van der Waals surface area contributed by atoms with E-state index in [0.717, 1.165) is 43.3 Å². The van der Waals surface area contributed by atoms with Gasteiger partial charge in [-0.25, -0.2) is 0 Å². The summed E-state index contributed by atoms with van der Waals surface area (Å²) >= 11 is 7.67. The highest BCUT2D eigenvalue weighted by molar-refractivity contribution is 7.08. The van der Waals surface area contributed by atoms with Crippen LogP contribution in [-0.4, -0.2) is 41.9 Å². The SMILES string of the molecule is O=C(Cc1ccsc1)N1CCN(Cc2cccc(Cl)c2)CC1. The normalized spacial score (nSPS) is 16.0. The molecule has 2 heterocycles. The Morgan fingerprint density at radius 1 is 1.14 bits per heavy atom. The van der Waals surface area contributed by atoms with Crippen molar-refractivity contribution in [1.82, 2.24) is 9.80 Å². The van der Waals surface area contributed by atoms with Crippen LogP contribution in [-0.2, 0) is 17.8 Å². The molecule has 1 aromatic heterocycles. The number of carbonyl (C=O) groups excluding carboxylic acids is 1. The zero-order valence-electron chi connectivity index (χ0n) is 12.4. The van der Waals surface area contributed by atoms with Gasteiger partial charge in [-0.3, -0.25) is 9.69 Å². The van der Waals surface area contributed by atoms with Gasteiger partial charge in [0.2, 0.25) is 5.91 Å². The summed E-state index contributed by atoms with van der Waals surface area (Å²) < 4.78 is 0. The van der Waals surface area contributed by atoms with Crippen LogP contribution in [0.1, 0.15) is 11.1 Å². The van der Waals surface area contributed by atoms with E-state index in [-0.39, 0.29) is 5.91 Å². The van der Waals surface area contributed by atoms with Crippen molar-refractivity contribution in [3.8, 4) is 0 Å². The van der Waals surface area contributed by atoms with E-state index >= 15 is 0 Å². The number of hydrogen-bond acceptors (Lipinski definition) is 3. The number of amides is 1. The number of thiophene rings is 1. The lowest BCUT2D eigenvalue weighted by Gasteiger charge is -2.34. The van der Waals surface area contributed by atoms with Crippen LogP contribution in [0.4, 0.5) is 0 Å². The fourth-order valence-corrected chi connectivity index (χ4v) is 3.61. The molecule has 0 radical (unpaired) electrons. The van der Waals surface area contributed by atoms with Crippen LogP contribution in [0, 0.1) is 0 Å². The van der Waals surface area contributed by atoms with E-state index in [9.17, 15) is 4.79 Å². The third kappa shape index (κ3) is 4.09. The molecule has 0 unspecified atom stereocenters. The molecule has 1 aromatic carbocycles. The monoisotopic (exact) mass is 334 g/mol. The first-order chi connectivity index (χ1) is 10.7. The first kappa shape index (κ1) is 15.5. The van der Waals surface area contributed by atoms with Crippen LogP contribution < -0.4 is 0 Å². The van der Waals surface area contributed by atoms with Crippen LogP contribution in [0.2, 0.25) is 5.02 Å². The fraction of sp³-hybridized carbons (Fsp3) is 0.353. The first-order valence-corrected chi connectivity index (χ1v) is 8.78. The highest BCUT2D eigenvalue weighted by Crippen LogP contribution is 2.15. The molecule has 2 aromatic rings. The molecule has 0 saturated carbocycles. The molecule has 0 bridgehead atoms. The zero-order valence-corrected chi connectivity index (χ0v) is 13.9. The Balaban J connectivity index is 1.49. The minimum absolute atomic E-state index is 0.237. The number of benzene rings is 1. The molecule has 0 aliphatic carbocycles. The predicted octanol–water partition coefficient (Wildman–Crippen LogP) is 3.29. The van der Waals surface area contributed by atoms with E-state index in [1.165, 1.54) is 5.56 Å². The van der Waals surface area contributed by atoms with Crippen LogP contribution in [0.25, 0.3) is 0 Å². The lowest BCUT2D eigenvalue weighted by atomic mass is 10.2. The topological polar surface area (TPSA) is 23.6 Å². The Kier molecular flexibility index (Phi) is 5.13. The summed E-state index contributed by atoms with van der Waals surface area (Å²) in [5.41, 5.74) is 2.35. The largest absolute Gasteiger partial charge is 0.340 e. The minimum atomic E-state index is 0.237. The Labute approximate surface area is 140 Å². The third-order valence-electron chi connectivity index (χ3n) is 3.96. The molecule has 0 N–H and O–H groups in total. The van der Waals surface area contributed by atoms with Crippen molar-refractivity contribution in [2.24, 2.45) is 0 Å². The first-order valence-electron chi connectivity index (χ1n) is 7.46. The quantitative estimate of drug-likeness (QED) is 0.856. The van der Waals surface area contributed by atoms with E-state index in [0.29, 0.717) is 6.42 Å². The van der Waals surface area contributed by atoms with E-state index in [1.54, 1.807) is 11.3 Å². The van der Waals surface area contributed by atoms with Crippen molar-refractivity contribution >= 4 is 28.8 Å². The smallest absolute Gasteiger partial charge is 0.227 e. The summed E-state index contributed by atoms with van der Waals surface area (Å²) in [5.74, 6) is 0.237. The number of rotatable bonds is 4. The second-order valence-corrected chi connectivity index (χ2v) is 6.81. The molecule has 1 saturated heterocycles. The van der Waals surface area contributed by atoms with Crippen molar-refractivity contribution in [2.75, 3.05) is 26.2 Å². The average Bonchev–Trinajstić information content (AvgIpc) is 3.01. The summed E-state index contributed by atoms with van der Waals surface area (Å²) in [4.78, 5) is 16.6. The summed E-state index contributed by atoms with van der Waals surface area (Å²) in [6.45, 7) is 4.35. The summed E-state index contributed by atoms with van der Waals surface area (Å²) in [6, 6.07) is 10.0. The maximum atomic E-state index is 12.3. The van der Waals surface area contributed by atoms with Crippen LogP contribution >= 0.6 is 22.9 Å². The molecule has 1 aliphatic rings. The van der Waals surface area contributed by atoms with Gasteiger partial charge in [0.05, 0.1) is 6.42 Å². The van der Waals surface area contributed by atoms with Gasteiger partial charge in [-0.2, -0.15) is 11.3 Å². The third-order valence-corrected chi connectivity index (χ3v) is 4.92. The van der Waals surface area contributed by atoms with E-state index in [1.807, 2.05) is 39.9 Å². The van der Waals surface area contributed by atoms with Gasteiger partial charge in [-0.15, -0.1) is 0 Å². The average molecular weight is 335 g/mol. The van der Waals surface area contributed by atoms with E-state index in [4.69, 9.17) is 11.6 Å². The maximum absolute atomic E-state index is 12.3. The molecule has 3 rings (SSSR count). The van der Waals surface area contributed by atoms with Crippen LogP contribution in [0.3, 0.4) is 0 Å². The molecule has 5 heteroatoms. The van der Waals surface area contributed by atoms with Crippen molar-refractivity contribution in [2.45, 2.75) is 13.0 Å². The molecule has 0 spiro atoms. The Morgan fingerprint density at radius 2 is 1.95 bits per heavy atom. The number of hydrogen-bond donors (Lipinski definition) is 0. The molecule has 1 amide bonds. The van der Waals surface area contributed by atoms with Gasteiger partial charge in [0, 0.05) is 37.7 Å². The van der Waals surface area contributed by atoms with Crippen molar-refractivity contribution in [1.29, 1.82) is 0 Å². The Hall–Kier alpha value is -1.36. The number of halogens is 1. The maximum Gasteiger partial charge on any atom is 0.227 e. The van der Waals surface area contributed by atoms with Gasteiger partial charge in [0.25, 0.3) is 0 Å². The van der Waals surface area contributed by atoms with Gasteiger partial charge >= 0.3 is 0 Å². The number of nitrogens with zero attached hydrogens (tertiary/aromatic N) is 2. The van der Waals surface area contributed by atoms with Gasteiger partial charge in [0.15, 0.2) is 0 Å². The van der Waals surface area contributed by atoms with Crippen molar-refractivity contribution in [3.05, 3.63) is 57.2 Å². The van der Waals surface area contributed by atoms with Crippen molar-refractivity contribution in [3.63, 3.8) is 0 Å². The summed E-state index contributed by atoms with van der Waals surface area (Å²) in [7, 11) is 0. The highest BCUT2D eigenvalue weighted by atomic mass is 35.5. The van der Waals surface area contributed by atoms with Crippen LogP contribution in [0.15, 0.2) is 41.1 Å². The lowest BCUT2D eigenvalue weighted by Crippen LogP contribution is -2.48.